The van der Waals surface area contributed by atoms with Crippen molar-refractivity contribution in [3.63, 3.8) is 0 Å². The van der Waals surface area contributed by atoms with Gasteiger partial charge >= 0.3 is 5.97 Å². The number of hydrogen-bond donors (Lipinski definition) is 0. The third-order valence-corrected chi connectivity index (χ3v) is 7.76. The van der Waals surface area contributed by atoms with Gasteiger partial charge in [-0.1, -0.05) is 107 Å². The van der Waals surface area contributed by atoms with E-state index in [0.29, 0.717) is 5.75 Å². The van der Waals surface area contributed by atoms with Crippen molar-refractivity contribution in [1.29, 1.82) is 0 Å². The highest BCUT2D eigenvalue weighted by atomic mass is 32.1. The molecule has 0 bridgehead atoms. The molecule has 3 rings (SSSR count). The molecule has 0 amide bonds. The zero-order valence-electron chi connectivity index (χ0n) is 23.8. The summed E-state index contributed by atoms with van der Waals surface area (Å²) in [7, 11) is 0. The summed E-state index contributed by atoms with van der Waals surface area (Å²) in [6.07, 6.45) is 20.4. The van der Waals surface area contributed by atoms with Crippen LogP contribution < -0.4 is 4.74 Å². The first-order valence-corrected chi connectivity index (χ1v) is 15.6. The van der Waals surface area contributed by atoms with E-state index in [2.05, 4.69) is 54.0 Å². The second-order valence-corrected chi connectivity index (χ2v) is 11.1. The normalized spacial score (nSPS) is 10.7. The minimum absolute atomic E-state index is 0.212. The lowest BCUT2D eigenvalue weighted by atomic mass is 10.0. The number of hydrogen-bond acceptors (Lipinski definition) is 5. The molecule has 39 heavy (non-hydrogen) atoms. The Morgan fingerprint density at radius 3 is 1.95 bits per heavy atom. The number of unbranched alkanes of at least 4 members (excludes halogenated alkanes) is 10. The lowest BCUT2D eigenvalue weighted by molar-refractivity contribution is -0.133. The average Bonchev–Trinajstić information content (AvgIpc) is 3.45. The molecular weight excluding hydrogens is 500 g/mol. The highest BCUT2D eigenvalue weighted by molar-refractivity contribution is 7.17. The summed E-state index contributed by atoms with van der Waals surface area (Å²) in [4.78, 5) is 12.1. The van der Waals surface area contributed by atoms with Crippen molar-refractivity contribution in [2.45, 2.75) is 104 Å². The van der Waals surface area contributed by atoms with Gasteiger partial charge in [0, 0.05) is 11.1 Å². The molecule has 0 aliphatic rings. The highest BCUT2D eigenvalue weighted by Crippen LogP contribution is 2.31. The summed E-state index contributed by atoms with van der Waals surface area (Å²) in [5.74, 6) is 0.238. The van der Waals surface area contributed by atoms with E-state index in [0.717, 1.165) is 40.4 Å². The van der Waals surface area contributed by atoms with Gasteiger partial charge in [0.05, 0.1) is 6.42 Å². The van der Waals surface area contributed by atoms with E-state index in [4.69, 9.17) is 4.74 Å². The maximum atomic E-state index is 12.1. The number of carbonyl (C=O) groups is 1. The molecule has 0 radical (unpaired) electrons. The fraction of sp³-hybridized carbons (Fsp3) is 0.471. The van der Waals surface area contributed by atoms with Crippen LogP contribution in [0.3, 0.4) is 0 Å². The Labute approximate surface area is 239 Å². The monoisotopic (exact) mass is 544 g/mol. The van der Waals surface area contributed by atoms with Crippen molar-refractivity contribution < 1.29 is 9.53 Å². The maximum absolute atomic E-state index is 12.1. The zero-order valence-corrected chi connectivity index (χ0v) is 24.6. The van der Waals surface area contributed by atoms with Crippen LogP contribution in [0.1, 0.15) is 103 Å². The molecule has 1 aromatic heterocycles. The molecule has 0 aliphatic heterocycles. The number of ether oxygens (including phenoxy) is 1. The van der Waals surface area contributed by atoms with Gasteiger partial charge in [-0.2, -0.15) is 0 Å². The van der Waals surface area contributed by atoms with Crippen molar-refractivity contribution in [2.75, 3.05) is 0 Å². The van der Waals surface area contributed by atoms with Crippen LogP contribution in [0, 0.1) is 0 Å². The molecule has 0 aliphatic carbocycles. The first kappa shape index (κ1) is 30.5. The van der Waals surface area contributed by atoms with E-state index >= 15 is 0 Å². The van der Waals surface area contributed by atoms with Crippen molar-refractivity contribution in [1.82, 2.24) is 10.2 Å². The molecule has 0 N–H and O–H groups in total. The summed E-state index contributed by atoms with van der Waals surface area (Å²) < 4.78 is 5.44. The summed E-state index contributed by atoms with van der Waals surface area (Å²) in [5.41, 5.74) is 6.51. The van der Waals surface area contributed by atoms with E-state index in [9.17, 15) is 4.79 Å². The van der Waals surface area contributed by atoms with Crippen LogP contribution in [0.4, 0.5) is 0 Å². The van der Waals surface area contributed by atoms with E-state index < -0.39 is 0 Å². The molecule has 1 heterocycles. The maximum Gasteiger partial charge on any atom is 0.315 e. The van der Waals surface area contributed by atoms with Crippen LogP contribution >= 0.6 is 11.3 Å². The Balaban J connectivity index is 1.43. The van der Waals surface area contributed by atoms with Gasteiger partial charge in [-0.15, -0.1) is 15.9 Å². The molecule has 0 unspecified atom stereocenters. The average molecular weight is 545 g/mol. The molecular formula is C34H44N2O2S. The quantitative estimate of drug-likeness (QED) is 0.0692. The van der Waals surface area contributed by atoms with Crippen molar-refractivity contribution in [3.05, 3.63) is 72.0 Å². The van der Waals surface area contributed by atoms with Crippen LogP contribution in [0.25, 0.3) is 21.1 Å². The van der Waals surface area contributed by atoms with E-state index in [1.165, 1.54) is 69.8 Å². The summed E-state index contributed by atoms with van der Waals surface area (Å²) >= 11 is 1.57. The predicted octanol–water partition coefficient (Wildman–Crippen LogP) is 10.1. The first-order valence-electron chi connectivity index (χ1n) is 14.8. The van der Waals surface area contributed by atoms with Gasteiger partial charge < -0.3 is 4.74 Å². The van der Waals surface area contributed by atoms with E-state index in [-0.39, 0.29) is 12.4 Å². The van der Waals surface area contributed by atoms with Gasteiger partial charge in [-0.05, 0) is 67.7 Å². The topological polar surface area (TPSA) is 52.1 Å². The second-order valence-electron chi connectivity index (χ2n) is 10.1. The van der Waals surface area contributed by atoms with Gasteiger partial charge in [0.1, 0.15) is 15.8 Å². The third kappa shape index (κ3) is 11.7. The summed E-state index contributed by atoms with van der Waals surface area (Å²) in [5, 5.41) is 10.6. The number of esters is 1. The molecule has 0 atom stereocenters. The number of aryl methyl sites for hydroxylation is 1. The molecule has 2 aromatic carbocycles. The largest absolute Gasteiger partial charge is 0.426 e. The summed E-state index contributed by atoms with van der Waals surface area (Å²) in [6, 6.07) is 16.2. The van der Waals surface area contributed by atoms with E-state index in [1.54, 1.807) is 29.5 Å². The highest BCUT2D eigenvalue weighted by Gasteiger charge is 2.10. The Kier molecular flexibility index (Phi) is 14.3. The minimum Gasteiger partial charge on any atom is -0.426 e. The molecule has 3 aromatic rings. The molecule has 0 saturated carbocycles. The molecule has 208 valence electrons. The van der Waals surface area contributed by atoms with Crippen molar-refractivity contribution in [3.8, 4) is 26.9 Å². The standard InChI is InChI=1S/C34H44N2O2S/c1-3-5-7-9-11-13-14-16-18-28-20-22-29(23-21-28)33-35-36-34(39-33)30-24-26-31(27-25-30)38-32(37)19-17-15-12-10-8-6-4-2/h12,17,20-27H,3-11,13-14,16,18-19H2,1-2H3. The van der Waals surface area contributed by atoms with Crippen LogP contribution in [-0.2, 0) is 11.2 Å². The van der Waals surface area contributed by atoms with E-state index in [1.807, 2.05) is 18.2 Å². The van der Waals surface area contributed by atoms with Crippen LogP contribution in [0.5, 0.6) is 5.75 Å². The molecule has 4 nitrogen and oxygen atoms in total. The summed E-state index contributed by atoms with van der Waals surface area (Å²) in [6.45, 7) is 4.45. The number of benzene rings is 2. The molecule has 0 fully saturated rings. The Hall–Kier alpha value is -3.01. The molecule has 5 heteroatoms. The fourth-order valence-electron chi connectivity index (χ4n) is 4.38. The van der Waals surface area contributed by atoms with Gasteiger partial charge in [0.25, 0.3) is 0 Å². The first-order chi connectivity index (χ1) is 19.2. The number of aromatic nitrogens is 2. The molecule has 0 saturated heterocycles. The SMILES string of the molecule is CCCCCC=C=CCC(=O)Oc1ccc(-c2nnc(-c3ccc(CCCCCCCCCC)cc3)s2)cc1. The van der Waals surface area contributed by atoms with Gasteiger partial charge in [-0.25, -0.2) is 0 Å². The fourth-order valence-corrected chi connectivity index (χ4v) is 5.23. The predicted molar refractivity (Wildman–Crippen MR) is 164 cm³/mol. The number of rotatable bonds is 18. The van der Waals surface area contributed by atoms with Gasteiger partial charge in [0.2, 0.25) is 0 Å². The Morgan fingerprint density at radius 2 is 1.31 bits per heavy atom. The Bertz CT molecular complexity index is 1160. The van der Waals surface area contributed by atoms with Crippen molar-refractivity contribution in [2.24, 2.45) is 0 Å². The lowest BCUT2D eigenvalue weighted by Crippen LogP contribution is -2.05. The second kappa shape index (κ2) is 18.3. The smallest absolute Gasteiger partial charge is 0.315 e. The van der Waals surface area contributed by atoms with Crippen molar-refractivity contribution >= 4 is 17.3 Å². The number of carbonyl (C=O) groups excluding carboxylic acids is 1. The van der Waals surface area contributed by atoms with Crippen LogP contribution in [0.2, 0.25) is 0 Å². The third-order valence-electron chi connectivity index (χ3n) is 6.73. The Morgan fingerprint density at radius 1 is 0.744 bits per heavy atom. The van der Waals surface area contributed by atoms with Gasteiger partial charge in [0.15, 0.2) is 0 Å². The van der Waals surface area contributed by atoms with Crippen LogP contribution in [-0.4, -0.2) is 16.2 Å². The number of nitrogens with zero attached hydrogens (tertiary/aromatic N) is 2. The van der Waals surface area contributed by atoms with Crippen LogP contribution in [0.15, 0.2) is 66.4 Å². The lowest BCUT2D eigenvalue weighted by Gasteiger charge is -2.04. The zero-order chi connectivity index (χ0) is 27.5. The molecule has 0 spiro atoms. The van der Waals surface area contributed by atoms with Gasteiger partial charge in [-0.3, -0.25) is 4.79 Å². The minimum atomic E-state index is -0.290.